The van der Waals surface area contributed by atoms with E-state index in [9.17, 15) is 0 Å². The number of nitrogens with two attached hydrogens (primary N) is 1. The van der Waals surface area contributed by atoms with E-state index in [2.05, 4.69) is 31.2 Å². The summed E-state index contributed by atoms with van der Waals surface area (Å²) in [6.07, 6.45) is 3.63. The van der Waals surface area contributed by atoms with Crippen LogP contribution >= 0.6 is 0 Å². The fourth-order valence-corrected chi connectivity index (χ4v) is 2.91. The van der Waals surface area contributed by atoms with Gasteiger partial charge in [0.05, 0.1) is 0 Å². The molecule has 0 spiro atoms. The Hall–Kier alpha value is -1.56. The smallest absolute Gasteiger partial charge is 0.223 e. The van der Waals surface area contributed by atoms with Gasteiger partial charge in [0.15, 0.2) is 0 Å². The first-order valence-corrected chi connectivity index (χ1v) is 7.08. The maximum Gasteiger partial charge on any atom is 0.223 e. The molecule has 1 atom stereocenters. The summed E-state index contributed by atoms with van der Waals surface area (Å²) in [4.78, 5) is 13.4. The molecule has 0 amide bonds. The predicted octanol–water partition coefficient (Wildman–Crippen LogP) is 0.457. The van der Waals surface area contributed by atoms with Crippen molar-refractivity contribution in [1.82, 2.24) is 15.3 Å². The van der Waals surface area contributed by atoms with E-state index in [1.54, 1.807) is 0 Å². The Balaban J connectivity index is 1.81. The summed E-state index contributed by atoms with van der Waals surface area (Å²) in [5.41, 5.74) is 5.87. The van der Waals surface area contributed by atoms with Gasteiger partial charge in [0.1, 0.15) is 11.6 Å². The normalized spacial score (nSPS) is 23.3. The van der Waals surface area contributed by atoms with Crippen LogP contribution in [0, 0.1) is 0 Å². The molecule has 1 aromatic heterocycles. The van der Waals surface area contributed by atoms with Crippen molar-refractivity contribution in [2.75, 3.05) is 48.8 Å². The van der Waals surface area contributed by atoms with Crippen LogP contribution in [0.25, 0.3) is 0 Å². The first-order chi connectivity index (χ1) is 9.26. The molecule has 0 aromatic carbocycles. The molecule has 1 aromatic rings. The zero-order valence-corrected chi connectivity index (χ0v) is 11.5. The van der Waals surface area contributed by atoms with Crippen LogP contribution in [0.5, 0.6) is 0 Å². The van der Waals surface area contributed by atoms with Gasteiger partial charge in [-0.3, -0.25) is 0 Å². The van der Waals surface area contributed by atoms with Gasteiger partial charge in [0.2, 0.25) is 5.95 Å². The highest BCUT2D eigenvalue weighted by molar-refractivity contribution is 5.55. The summed E-state index contributed by atoms with van der Waals surface area (Å²) in [6.45, 7) is 4.18. The lowest BCUT2D eigenvalue weighted by Gasteiger charge is -2.21. The Kier molecular flexibility index (Phi) is 3.42. The average molecular weight is 262 g/mol. The molecule has 2 fully saturated rings. The van der Waals surface area contributed by atoms with Crippen molar-refractivity contribution in [2.24, 2.45) is 0 Å². The molecule has 0 aliphatic carbocycles. The van der Waals surface area contributed by atoms with E-state index < -0.39 is 0 Å². The second-order valence-electron chi connectivity index (χ2n) is 5.36. The summed E-state index contributed by atoms with van der Waals surface area (Å²) >= 11 is 0. The fourth-order valence-electron chi connectivity index (χ4n) is 2.91. The predicted molar refractivity (Wildman–Crippen MR) is 77.6 cm³/mol. The molecule has 0 radical (unpaired) electrons. The minimum Gasteiger partial charge on any atom is -0.368 e. The van der Waals surface area contributed by atoms with Gasteiger partial charge >= 0.3 is 0 Å². The highest BCUT2D eigenvalue weighted by atomic mass is 15.3. The van der Waals surface area contributed by atoms with Crippen LogP contribution in [0.4, 0.5) is 17.6 Å². The Bertz CT molecular complexity index is 443. The second-order valence-corrected chi connectivity index (χ2v) is 5.36. The van der Waals surface area contributed by atoms with Gasteiger partial charge in [-0.1, -0.05) is 0 Å². The zero-order valence-electron chi connectivity index (χ0n) is 11.5. The van der Waals surface area contributed by atoms with Crippen molar-refractivity contribution in [3.8, 4) is 0 Å². The number of rotatable bonds is 3. The first kappa shape index (κ1) is 12.5. The summed E-state index contributed by atoms with van der Waals surface area (Å²) in [5.74, 6) is 2.33. The molecule has 0 saturated carbocycles. The van der Waals surface area contributed by atoms with Crippen LogP contribution in [0.3, 0.4) is 0 Å². The van der Waals surface area contributed by atoms with Crippen molar-refractivity contribution in [3.63, 3.8) is 0 Å². The van der Waals surface area contributed by atoms with Gasteiger partial charge in [-0.05, 0) is 26.3 Å². The quantitative estimate of drug-likeness (QED) is 0.824. The molecule has 3 N–H and O–H groups in total. The lowest BCUT2D eigenvalue weighted by atomic mass is 10.3. The molecule has 6 nitrogen and oxygen atoms in total. The van der Waals surface area contributed by atoms with Gasteiger partial charge in [-0.15, -0.1) is 0 Å². The maximum absolute atomic E-state index is 5.87. The van der Waals surface area contributed by atoms with Crippen LogP contribution in [0.2, 0.25) is 0 Å². The Morgan fingerprint density at radius 1 is 1.16 bits per heavy atom. The van der Waals surface area contributed by atoms with E-state index in [-0.39, 0.29) is 0 Å². The molecule has 104 valence electrons. The van der Waals surface area contributed by atoms with Crippen molar-refractivity contribution in [1.29, 1.82) is 0 Å². The molecule has 2 aliphatic rings. The summed E-state index contributed by atoms with van der Waals surface area (Å²) in [7, 11) is 2.01. The van der Waals surface area contributed by atoms with Gasteiger partial charge < -0.3 is 20.9 Å². The number of nitrogen functional groups attached to an aromatic ring is 1. The highest BCUT2D eigenvalue weighted by Crippen LogP contribution is 2.25. The van der Waals surface area contributed by atoms with Crippen LogP contribution in [0.1, 0.15) is 19.3 Å². The van der Waals surface area contributed by atoms with E-state index in [0.29, 0.717) is 12.0 Å². The third-order valence-corrected chi connectivity index (χ3v) is 4.07. The van der Waals surface area contributed by atoms with Crippen LogP contribution in [-0.2, 0) is 0 Å². The minimum absolute atomic E-state index is 0.382. The number of likely N-dealkylation sites (N-methyl/N-ethyl adjacent to an activating group) is 1. The van der Waals surface area contributed by atoms with E-state index in [0.717, 1.165) is 44.2 Å². The fraction of sp³-hybridized carbons (Fsp3) is 0.692. The largest absolute Gasteiger partial charge is 0.368 e. The Morgan fingerprint density at radius 3 is 2.47 bits per heavy atom. The molecule has 0 unspecified atom stereocenters. The number of nitrogens with one attached hydrogen (secondary N) is 1. The van der Waals surface area contributed by atoms with E-state index >= 15 is 0 Å². The molecule has 3 rings (SSSR count). The molecule has 2 aliphatic heterocycles. The monoisotopic (exact) mass is 262 g/mol. The minimum atomic E-state index is 0.382. The van der Waals surface area contributed by atoms with E-state index in [4.69, 9.17) is 5.73 Å². The van der Waals surface area contributed by atoms with E-state index in [1.807, 2.05) is 7.05 Å². The van der Waals surface area contributed by atoms with Crippen molar-refractivity contribution < 1.29 is 0 Å². The molecule has 0 bridgehead atoms. The molecule has 6 heteroatoms. The Labute approximate surface area is 114 Å². The number of anilines is 3. The number of aromatic nitrogens is 2. The molecular weight excluding hydrogens is 240 g/mol. The van der Waals surface area contributed by atoms with Crippen LogP contribution in [0.15, 0.2) is 6.07 Å². The number of hydrogen-bond donors (Lipinski definition) is 2. The standard InChI is InChI=1S/C13H22N6/c1-15-10-4-7-19(9-10)12-8-11(16-13(14)17-12)18-5-2-3-6-18/h8,10,15H,2-7,9H2,1H3,(H2,14,16,17)/t10-/m0/s1. The third-order valence-electron chi connectivity index (χ3n) is 4.07. The van der Waals surface area contributed by atoms with Crippen LogP contribution < -0.4 is 20.9 Å². The SMILES string of the molecule is CN[C@H]1CCN(c2cc(N3CCCC3)nc(N)n2)C1. The average Bonchev–Trinajstić information content (AvgIpc) is 3.09. The molecule has 2 saturated heterocycles. The summed E-state index contributed by atoms with van der Waals surface area (Å²) in [6, 6.07) is 2.63. The summed E-state index contributed by atoms with van der Waals surface area (Å²) < 4.78 is 0. The molecule has 3 heterocycles. The van der Waals surface area contributed by atoms with Crippen molar-refractivity contribution >= 4 is 17.6 Å². The molecule has 19 heavy (non-hydrogen) atoms. The lowest BCUT2D eigenvalue weighted by Crippen LogP contribution is -2.30. The van der Waals surface area contributed by atoms with Gasteiger partial charge in [-0.25, -0.2) is 0 Å². The maximum atomic E-state index is 5.87. The first-order valence-electron chi connectivity index (χ1n) is 7.08. The van der Waals surface area contributed by atoms with E-state index in [1.165, 1.54) is 12.8 Å². The van der Waals surface area contributed by atoms with Crippen molar-refractivity contribution in [3.05, 3.63) is 6.07 Å². The summed E-state index contributed by atoms with van der Waals surface area (Å²) in [5, 5.41) is 3.32. The molecular formula is C13H22N6. The second kappa shape index (κ2) is 5.21. The third kappa shape index (κ3) is 2.58. The van der Waals surface area contributed by atoms with Crippen LogP contribution in [-0.4, -0.2) is 49.2 Å². The van der Waals surface area contributed by atoms with Crippen molar-refractivity contribution in [2.45, 2.75) is 25.3 Å². The van der Waals surface area contributed by atoms with Gasteiger partial charge in [0, 0.05) is 38.3 Å². The lowest BCUT2D eigenvalue weighted by molar-refractivity contribution is 0.616. The highest BCUT2D eigenvalue weighted by Gasteiger charge is 2.24. The number of nitrogens with zero attached hydrogens (tertiary/aromatic N) is 4. The van der Waals surface area contributed by atoms with Gasteiger partial charge in [0.25, 0.3) is 0 Å². The zero-order chi connectivity index (χ0) is 13.2. The number of hydrogen-bond acceptors (Lipinski definition) is 6. The topological polar surface area (TPSA) is 70.3 Å². The van der Waals surface area contributed by atoms with Gasteiger partial charge in [-0.2, -0.15) is 9.97 Å². The Morgan fingerprint density at radius 2 is 1.84 bits per heavy atom.